The van der Waals surface area contributed by atoms with Crippen LogP contribution in [-0.2, 0) is 17.6 Å². The Balaban J connectivity index is 1.22. The molecule has 11 heteroatoms. The lowest BCUT2D eigenvalue weighted by Gasteiger charge is -2.37. The normalized spacial score (nSPS) is 22.1. The lowest BCUT2D eigenvalue weighted by molar-refractivity contribution is -0.0345. The lowest BCUT2D eigenvalue weighted by Crippen LogP contribution is -2.39. The SMILES string of the molecule is CCCc1c(Cc2ccc(-c3ccccc3-c3noc(=O)[nH]3)cc2)c(=O)n(C2CCC3(CC2)CC(O)CO3)c2ncnn12. The van der Waals surface area contributed by atoms with Gasteiger partial charge in [-0.3, -0.25) is 18.9 Å². The third-order valence-electron chi connectivity index (χ3n) is 9.00. The van der Waals surface area contributed by atoms with Crippen molar-refractivity contribution in [1.29, 1.82) is 0 Å². The Kier molecular flexibility index (Phi) is 7.06. The third-order valence-corrected chi connectivity index (χ3v) is 9.00. The van der Waals surface area contributed by atoms with Crippen LogP contribution in [0.2, 0.25) is 0 Å². The first-order valence-corrected chi connectivity index (χ1v) is 15.0. The van der Waals surface area contributed by atoms with Crippen LogP contribution in [0.4, 0.5) is 0 Å². The molecule has 5 aromatic rings. The highest BCUT2D eigenvalue weighted by Crippen LogP contribution is 2.43. The van der Waals surface area contributed by atoms with Gasteiger partial charge in [0.2, 0.25) is 5.78 Å². The fourth-order valence-corrected chi connectivity index (χ4v) is 6.93. The molecule has 43 heavy (non-hydrogen) atoms. The van der Waals surface area contributed by atoms with Gasteiger partial charge >= 0.3 is 5.76 Å². The van der Waals surface area contributed by atoms with Gasteiger partial charge in [-0.05, 0) is 48.8 Å². The van der Waals surface area contributed by atoms with Crippen molar-refractivity contribution in [3.05, 3.63) is 92.6 Å². The maximum Gasteiger partial charge on any atom is 0.439 e. The minimum Gasteiger partial charge on any atom is -0.391 e. The van der Waals surface area contributed by atoms with Gasteiger partial charge in [0, 0.05) is 30.0 Å². The molecule has 0 radical (unpaired) electrons. The van der Waals surface area contributed by atoms with Gasteiger partial charge in [0.15, 0.2) is 5.82 Å². The quantitative estimate of drug-likeness (QED) is 0.293. The summed E-state index contributed by atoms with van der Waals surface area (Å²) >= 11 is 0. The molecule has 7 rings (SSSR count). The summed E-state index contributed by atoms with van der Waals surface area (Å²) in [5.41, 5.74) is 4.97. The minimum atomic E-state index is -0.601. The van der Waals surface area contributed by atoms with Crippen molar-refractivity contribution in [3.63, 3.8) is 0 Å². The minimum absolute atomic E-state index is 0.0116. The van der Waals surface area contributed by atoms with E-state index in [1.165, 1.54) is 6.33 Å². The Labute approximate surface area is 247 Å². The largest absolute Gasteiger partial charge is 0.439 e. The number of H-pyrrole nitrogens is 1. The summed E-state index contributed by atoms with van der Waals surface area (Å²) < 4.78 is 14.4. The van der Waals surface area contributed by atoms with E-state index >= 15 is 0 Å². The first kappa shape index (κ1) is 27.5. The Bertz CT molecular complexity index is 1880. The number of rotatable bonds is 7. The molecule has 1 spiro atoms. The topological polar surface area (TPSA) is 141 Å². The summed E-state index contributed by atoms with van der Waals surface area (Å²) in [6.07, 6.45) is 7.01. The van der Waals surface area contributed by atoms with E-state index < -0.39 is 11.9 Å². The summed E-state index contributed by atoms with van der Waals surface area (Å²) in [5, 5.41) is 18.5. The van der Waals surface area contributed by atoms with Gasteiger partial charge in [-0.25, -0.2) is 9.31 Å². The number of hydrogen-bond acceptors (Lipinski definition) is 8. The molecule has 3 aromatic heterocycles. The van der Waals surface area contributed by atoms with Crippen LogP contribution in [0.15, 0.2) is 69.0 Å². The van der Waals surface area contributed by atoms with Crippen LogP contribution in [0, 0.1) is 0 Å². The molecule has 11 nitrogen and oxygen atoms in total. The Morgan fingerprint density at radius 3 is 2.51 bits per heavy atom. The van der Waals surface area contributed by atoms with Crippen LogP contribution in [0.25, 0.3) is 28.3 Å². The van der Waals surface area contributed by atoms with Crippen LogP contribution >= 0.6 is 0 Å². The van der Waals surface area contributed by atoms with Crippen LogP contribution in [0.5, 0.6) is 0 Å². The van der Waals surface area contributed by atoms with Crippen LogP contribution in [0.3, 0.4) is 0 Å². The summed E-state index contributed by atoms with van der Waals surface area (Å²) in [4.78, 5) is 33.0. The smallest absolute Gasteiger partial charge is 0.391 e. The van der Waals surface area contributed by atoms with Crippen molar-refractivity contribution in [1.82, 2.24) is 29.3 Å². The zero-order chi connectivity index (χ0) is 29.6. The van der Waals surface area contributed by atoms with E-state index in [9.17, 15) is 14.7 Å². The molecular formula is C32H34N6O5. The van der Waals surface area contributed by atoms with Crippen molar-refractivity contribution < 1.29 is 14.4 Å². The molecule has 0 bridgehead atoms. The van der Waals surface area contributed by atoms with Gasteiger partial charge in [-0.1, -0.05) is 67.0 Å². The number of aromatic amines is 1. The average Bonchev–Trinajstić information content (AvgIpc) is 3.77. The summed E-state index contributed by atoms with van der Waals surface area (Å²) in [5.74, 6) is 0.361. The number of fused-ring (bicyclic) bond motifs is 1. The van der Waals surface area contributed by atoms with Crippen molar-refractivity contribution in [2.45, 2.75) is 76.0 Å². The van der Waals surface area contributed by atoms with Gasteiger partial charge < -0.3 is 9.84 Å². The highest BCUT2D eigenvalue weighted by atomic mass is 16.5. The van der Waals surface area contributed by atoms with E-state index in [1.807, 2.05) is 57.6 Å². The first-order valence-electron chi connectivity index (χ1n) is 15.0. The molecule has 2 aromatic carbocycles. The van der Waals surface area contributed by atoms with E-state index in [-0.39, 0.29) is 17.2 Å². The zero-order valence-corrected chi connectivity index (χ0v) is 24.0. The summed E-state index contributed by atoms with van der Waals surface area (Å²) in [6, 6.07) is 15.8. The zero-order valence-electron chi connectivity index (χ0n) is 24.0. The van der Waals surface area contributed by atoms with Gasteiger partial charge in [0.25, 0.3) is 5.56 Å². The molecule has 1 aliphatic heterocycles. The molecule has 1 saturated carbocycles. The van der Waals surface area contributed by atoms with Crippen molar-refractivity contribution >= 4 is 5.78 Å². The fourth-order valence-electron chi connectivity index (χ4n) is 6.93. The summed E-state index contributed by atoms with van der Waals surface area (Å²) in [6.45, 7) is 2.49. The Morgan fingerprint density at radius 2 is 1.84 bits per heavy atom. The van der Waals surface area contributed by atoms with Crippen molar-refractivity contribution in [2.24, 2.45) is 0 Å². The highest BCUT2D eigenvalue weighted by Gasteiger charge is 2.43. The third kappa shape index (κ3) is 5.02. The number of benzene rings is 2. The molecule has 4 heterocycles. The second-order valence-corrected chi connectivity index (χ2v) is 11.8. The number of ether oxygens (including phenoxy) is 1. The Hall–Kier alpha value is -4.35. The molecule has 0 amide bonds. The van der Waals surface area contributed by atoms with E-state index in [2.05, 4.69) is 27.1 Å². The predicted octanol–water partition coefficient (Wildman–Crippen LogP) is 4.08. The lowest BCUT2D eigenvalue weighted by atomic mass is 9.80. The number of hydrogen-bond donors (Lipinski definition) is 2. The van der Waals surface area contributed by atoms with Crippen LogP contribution in [-0.4, -0.2) is 52.7 Å². The number of nitrogens with one attached hydrogen (secondary N) is 1. The maximum absolute atomic E-state index is 14.3. The molecule has 1 saturated heterocycles. The van der Waals surface area contributed by atoms with E-state index in [0.29, 0.717) is 37.5 Å². The van der Waals surface area contributed by atoms with E-state index in [0.717, 1.165) is 65.6 Å². The van der Waals surface area contributed by atoms with Crippen LogP contribution < -0.4 is 11.3 Å². The average molecular weight is 583 g/mol. The van der Waals surface area contributed by atoms with Crippen molar-refractivity contribution in [3.8, 4) is 22.5 Å². The second-order valence-electron chi connectivity index (χ2n) is 11.8. The number of aliphatic hydroxyl groups is 1. The predicted molar refractivity (Wildman–Crippen MR) is 159 cm³/mol. The second kappa shape index (κ2) is 11.1. The molecule has 1 atom stereocenters. The maximum atomic E-state index is 14.3. The molecular weight excluding hydrogens is 548 g/mol. The first-order chi connectivity index (χ1) is 20.9. The van der Waals surface area contributed by atoms with E-state index in [1.54, 1.807) is 0 Å². The fraction of sp³-hybridized carbons (Fsp3) is 0.406. The van der Waals surface area contributed by atoms with Gasteiger partial charge in [0.1, 0.15) is 6.33 Å². The number of nitrogens with zero attached hydrogens (tertiary/aromatic N) is 5. The standard InChI is InChI=1S/C32H34N6O5/c1-2-5-27-26(16-20-8-10-21(11-9-20)24-6-3-4-7-25(24)28-35-31(41)43-36-28)29(40)37(30-33-19-34-38(27)30)22-12-14-32(15-13-22)17-23(39)18-42-32/h3-4,6-11,19,22-23,39H,2,5,12-18H2,1H3,(H,35,36,41). The van der Waals surface area contributed by atoms with Crippen molar-refractivity contribution in [2.75, 3.05) is 6.61 Å². The summed E-state index contributed by atoms with van der Waals surface area (Å²) in [7, 11) is 0. The molecule has 2 aliphatic rings. The number of aromatic nitrogens is 6. The van der Waals surface area contributed by atoms with Crippen LogP contribution in [0.1, 0.15) is 68.3 Å². The van der Waals surface area contributed by atoms with Gasteiger partial charge in [0.05, 0.1) is 24.0 Å². The molecule has 2 N–H and O–H groups in total. The van der Waals surface area contributed by atoms with Gasteiger partial charge in [-0.2, -0.15) is 10.1 Å². The monoisotopic (exact) mass is 582 g/mol. The number of aryl methyl sites for hydroxylation is 1. The molecule has 222 valence electrons. The van der Waals surface area contributed by atoms with Gasteiger partial charge in [-0.15, -0.1) is 0 Å². The molecule has 1 aliphatic carbocycles. The Morgan fingerprint density at radius 1 is 1.07 bits per heavy atom. The molecule has 1 unspecified atom stereocenters. The van der Waals surface area contributed by atoms with E-state index in [4.69, 9.17) is 9.26 Å². The molecule has 2 fully saturated rings. The number of aliphatic hydroxyl groups excluding tert-OH is 1. The highest BCUT2D eigenvalue weighted by molar-refractivity contribution is 5.80.